The van der Waals surface area contributed by atoms with Crippen molar-refractivity contribution < 1.29 is 14.3 Å². The molecule has 0 spiro atoms. The molecular formula is C12H13FO2S. The predicted molar refractivity (Wildman–Crippen MR) is 61.5 cm³/mol. The van der Waals surface area contributed by atoms with Gasteiger partial charge in [-0.1, -0.05) is 18.9 Å². The molecule has 0 aliphatic heterocycles. The van der Waals surface area contributed by atoms with Gasteiger partial charge in [-0.05, 0) is 25.0 Å². The summed E-state index contributed by atoms with van der Waals surface area (Å²) >= 11 is 1.50. The molecule has 1 aromatic rings. The molecule has 0 unspecified atom stereocenters. The first-order valence-corrected chi connectivity index (χ1v) is 6.25. The van der Waals surface area contributed by atoms with E-state index in [1.165, 1.54) is 30.7 Å². The topological polar surface area (TPSA) is 37.3 Å². The minimum Gasteiger partial charge on any atom is -0.478 e. The Hall–Kier alpha value is -1.03. The lowest BCUT2D eigenvalue weighted by Gasteiger charge is -2.11. The van der Waals surface area contributed by atoms with Gasteiger partial charge < -0.3 is 5.11 Å². The number of carboxylic acid groups (broad SMARTS) is 1. The maximum Gasteiger partial charge on any atom is 0.339 e. The fourth-order valence-corrected chi connectivity index (χ4v) is 3.38. The number of hydrogen-bond acceptors (Lipinski definition) is 2. The minimum atomic E-state index is -1.18. The van der Waals surface area contributed by atoms with Crippen LogP contribution in [0, 0.1) is 5.82 Å². The van der Waals surface area contributed by atoms with Crippen molar-refractivity contribution in [3.8, 4) is 0 Å². The molecule has 1 fully saturated rings. The van der Waals surface area contributed by atoms with Crippen molar-refractivity contribution in [2.24, 2.45) is 0 Å². The summed E-state index contributed by atoms with van der Waals surface area (Å²) in [6.07, 6.45) is 4.57. The van der Waals surface area contributed by atoms with Gasteiger partial charge in [0, 0.05) is 10.1 Å². The lowest BCUT2D eigenvalue weighted by atomic mass is 10.2. The largest absolute Gasteiger partial charge is 0.478 e. The summed E-state index contributed by atoms with van der Waals surface area (Å²) < 4.78 is 13.4. The third-order valence-corrected chi connectivity index (χ3v) is 4.18. The van der Waals surface area contributed by atoms with Crippen LogP contribution >= 0.6 is 11.8 Å². The van der Waals surface area contributed by atoms with Crippen molar-refractivity contribution in [2.75, 3.05) is 0 Å². The highest BCUT2D eigenvalue weighted by molar-refractivity contribution is 8.00. The van der Waals surface area contributed by atoms with Gasteiger partial charge in [0.15, 0.2) is 0 Å². The second-order valence-corrected chi connectivity index (χ2v) is 5.28. The summed E-state index contributed by atoms with van der Waals surface area (Å²) in [7, 11) is 0. The standard InChI is InChI=1S/C12H13FO2S/c13-9-6-3-7-10(11(9)12(14)15)16-8-4-1-2-5-8/h3,6-8H,1-2,4-5H2,(H,14,15). The van der Waals surface area contributed by atoms with E-state index >= 15 is 0 Å². The molecule has 1 aromatic carbocycles. The number of benzene rings is 1. The average molecular weight is 240 g/mol. The smallest absolute Gasteiger partial charge is 0.339 e. The van der Waals surface area contributed by atoms with E-state index in [-0.39, 0.29) is 5.56 Å². The second-order valence-electron chi connectivity index (χ2n) is 3.94. The van der Waals surface area contributed by atoms with Crippen LogP contribution in [0.1, 0.15) is 36.0 Å². The SMILES string of the molecule is O=C(O)c1c(F)cccc1SC1CCCC1. The molecule has 0 saturated heterocycles. The maximum atomic E-state index is 13.4. The van der Waals surface area contributed by atoms with Gasteiger partial charge in [0.25, 0.3) is 0 Å². The van der Waals surface area contributed by atoms with Gasteiger partial charge in [-0.3, -0.25) is 0 Å². The Kier molecular flexibility index (Phi) is 3.49. The van der Waals surface area contributed by atoms with E-state index in [0.29, 0.717) is 10.1 Å². The number of aromatic carboxylic acids is 1. The minimum absolute atomic E-state index is 0.181. The van der Waals surface area contributed by atoms with Crippen molar-refractivity contribution in [3.63, 3.8) is 0 Å². The number of carboxylic acids is 1. The molecule has 2 nitrogen and oxygen atoms in total. The van der Waals surface area contributed by atoms with Crippen molar-refractivity contribution >= 4 is 17.7 Å². The fraction of sp³-hybridized carbons (Fsp3) is 0.417. The molecule has 0 heterocycles. The molecule has 1 saturated carbocycles. The summed E-state index contributed by atoms with van der Waals surface area (Å²) in [5.41, 5.74) is -0.181. The predicted octanol–water partition coefficient (Wildman–Crippen LogP) is 3.56. The first kappa shape index (κ1) is 11.5. The van der Waals surface area contributed by atoms with Gasteiger partial charge in [0.05, 0.1) is 0 Å². The van der Waals surface area contributed by atoms with Crippen LogP contribution in [0.25, 0.3) is 0 Å². The Labute approximate surface area is 97.9 Å². The Bertz CT molecular complexity index is 400. The Morgan fingerprint density at radius 3 is 2.69 bits per heavy atom. The van der Waals surface area contributed by atoms with Gasteiger partial charge >= 0.3 is 5.97 Å². The molecule has 86 valence electrons. The van der Waals surface area contributed by atoms with E-state index in [1.807, 2.05) is 0 Å². The normalized spacial score (nSPS) is 16.6. The maximum absolute atomic E-state index is 13.4. The van der Waals surface area contributed by atoms with Gasteiger partial charge in [-0.15, -0.1) is 11.8 Å². The number of hydrogen-bond donors (Lipinski definition) is 1. The van der Waals surface area contributed by atoms with Crippen molar-refractivity contribution in [1.82, 2.24) is 0 Å². The van der Waals surface area contributed by atoms with Crippen LogP contribution in [0.4, 0.5) is 4.39 Å². The summed E-state index contributed by atoms with van der Waals surface area (Å²) in [6.45, 7) is 0. The zero-order valence-corrected chi connectivity index (χ0v) is 9.60. The first-order chi connectivity index (χ1) is 7.68. The molecule has 2 rings (SSSR count). The van der Waals surface area contributed by atoms with Crippen LogP contribution in [0.15, 0.2) is 23.1 Å². The van der Waals surface area contributed by atoms with Crippen molar-refractivity contribution in [2.45, 2.75) is 35.8 Å². The number of rotatable bonds is 3. The van der Waals surface area contributed by atoms with E-state index in [2.05, 4.69) is 0 Å². The molecule has 16 heavy (non-hydrogen) atoms. The average Bonchev–Trinajstić information content (AvgIpc) is 2.70. The van der Waals surface area contributed by atoms with Gasteiger partial charge in [-0.25, -0.2) is 9.18 Å². The van der Waals surface area contributed by atoms with E-state index in [4.69, 9.17) is 5.11 Å². The second kappa shape index (κ2) is 4.87. The summed E-state index contributed by atoms with van der Waals surface area (Å²) in [5, 5.41) is 9.41. The van der Waals surface area contributed by atoms with Gasteiger partial charge in [-0.2, -0.15) is 0 Å². The fourth-order valence-electron chi connectivity index (χ4n) is 2.00. The number of thioether (sulfide) groups is 1. The van der Waals surface area contributed by atoms with E-state index < -0.39 is 11.8 Å². The molecule has 1 aliphatic rings. The molecule has 0 radical (unpaired) electrons. The third kappa shape index (κ3) is 2.38. The van der Waals surface area contributed by atoms with E-state index in [0.717, 1.165) is 12.8 Å². The van der Waals surface area contributed by atoms with E-state index in [1.54, 1.807) is 12.1 Å². The van der Waals surface area contributed by atoms with Crippen LogP contribution in [0.3, 0.4) is 0 Å². The molecule has 1 aliphatic carbocycles. The lowest BCUT2D eigenvalue weighted by Crippen LogP contribution is -2.04. The lowest BCUT2D eigenvalue weighted by molar-refractivity contribution is 0.0688. The highest BCUT2D eigenvalue weighted by Gasteiger charge is 2.21. The van der Waals surface area contributed by atoms with E-state index in [9.17, 15) is 9.18 Å². The van der Waals surface area contributed by atoms with Crippen LogP contribution in [-0.2, 0) is 0 Å². The molecule has 4 heteroatoms. The van der Waals surface area contributed by atoms with Crippen LogP contribution < -0.4 is 0 Å². The zero-order chi connectivity index (χ0) is 11.5. The Morgan fingerprint density at radius 2 is 2.06 bits per heavy atom. The highest BCUT2D eigenvalue weighted by Crippen LogP contribution is 2.36. The number of halogens is 1. The van der Waals surface area contributed by atoms with Gasteiger partial charge in [0.1, 0.15) is 11.4 Å². The molecule has 0 aromatic heterocycles. The van der Waals surface area contributed by atoms with Crippen LogP contribution in [-0.4, -0.2) is 16.3 Å². The monoisotopic (exact) mass is 240 g/mol. The Balaban J connectivity index is 2.25. The molecule has 0 bridgehead atoms. The molecule has 1 N–H and O–H groups in total. The Morgan fingerprint density at radius 1 is 1.38 bits per heavy atom. The molecule has 0 amide bonds. The van der Waals surface area contributed by atoms with Crippen LogP contribution in [0.5, 0.6) is 0 Å². The van der Waals surface area contributed by atoms with Gasteiger partial charge in [0.2, 0.25) is 0 Å². The summed E-state index contributed by atoms with van der Waals surface area (Å²) in [6, 6.07) is 4.46. The zero-order valence-electron chi connectivity index (χ0n) is 8.78. The molecule has 0 atom stereocenters. The number of carbonyl (C=O) groups is 1. The first-order valence-electron chi connectivity index (χ1n) is 5.37. The molecular weight excluding hydrogens is 227 g/mol. The van der Waals surface area contributed by atoms with Crippen molar-refractivity contribution in [1.29, 1.82) is 0 Å². The summed E-state index contributed by atoms with van der Waals surface area (Å²) in [5.74, 6) is -1.82. The third-order valence-electron chi connectivity index (χ3n) is 2.79. The summed E-state index contributed by atoms with van der Waals surface area (Å²) in [4.78, 5) is 11.5. The van der Waals surface area contributed by atoms with Crippen LogP contribution in [0.2, 0.25) is 0 Å². The quantitative estimate of drug-likeness (QED) is 0.877. The highest BCUT2D eigenvalue weighted by atomic mass is 32.2. The van der Waals surface area contributed by atoms with Crippen molar-refractivity contribution in [3.05, 3.63) is 29.6 Å².